The Balaban J connectivity index is 0.00000169. The van der Waals surface area contributed by atoms with Crippen LogP contribution in [-0.4, -0.2) is 39.2 Å². The second kappa shape index (κ2) is 8.66. The number of carbonyl (C=O) groups is 1. The average molecular weight is 404 g/mol. The number of aromatic nitrogens is 3. The standard InChI is InChI=1S/C16H21N5O3.2ClH/c1-9-8-17-7-6-11(9)19-14(22)12-5-4-10-13(18-12)20(2)16(24)21(3)15(10)23;;/h4-5,9,11,17H,6-8H2,1-3H3,(H,19,22);2*1H. The van der Waals surface area contributed by atoms with Crippen LogP contribution >= 0.6 is 24.8 Å². The van der Waals surface area contributed by atoms with Gasteiger partial charge in [0.05, 0.1) is 5.39 Å². The quantitative estimate of drug-likeness (QED) is 0.746. The van der Waals surface area contributed by atoms with Crippen LogP contribution in [0.25, 0.3) is 11.0 Å². The first kappa shape index (κ1) is 22.1. The van der Waals surface area contributed by atoms with Crippen molar-refractivity contribution in [3.8, 4) is 0 Å². The van der Waals surface area contributed by atoms with Crippen LogP contribution in [0.1, 0.15) is 23.8 Å². The van der Waals surface area contributed by atoms with Crippen LogP contribution in [0.2, 0.25) is 0 Å². The molecule has 2 aromatic heterocycles. The highest BCUT2D eigenvalue weighted by Crippen LogP contribution is 2.12. The van der Waals surface area contributed by atoms with Gasteiger partial charge in [0.1, 0.15) is 11.3 Å². The molecule has 0 saturated carbocycles. The van der Waals surface area contributed by atoms with E-state index in [1.54, 1.807) is 6.07 Å². The zero-order valence-electron chi connectivity index (χ0n) is 14.8. The lowest BCUT2D eigenvalue weighted by atomic mass is 9.95. The van der Waals surface area contributed by atoms with E-state index in [-0.39, 0.29) is 48.1 Å². The molecule has 1 fully saturated rings. The van der Waals surface area contributed by atoms with E-state index in [4.69, 9.17) is 0 Å². The summed E-state index contributed by atoms with van der Waals surface area (Å²) in [6, 6.07) is 3.16. The molecule has 1 aliphatic rings. The Morgan fingerprint density at radius 2 is 1.92 bits per heavy atom. The number of rotatable bonds is 2. The summed E-state index contributed by atoms with van der Waals surface area (Å²) in [5, 5.41) is 6.59. The summed E-state index contributed by atoms with van der Waals surface area (Å²) in [5.74, 6) is 0.0450. The molecule has 1 amide bonds. The van der Waals surface area contributed by atoms with Crippen molar-refractivity contribution in [1.82, 2.24) is 24.8 Å². The smallest absolute Gasteiger partial charge is 0.332 e. The molecule has 2 atom stereocenters. The minimum absolute atomic E-state index is 0. The van der Waals surface area contributed by atoms with Gasteiger partial charge in [0.2, 0.25) is 0 Å². The second-order valence-electron chi connectivity index (χ2n) is 6.32. The Labute approximate surface area is 162 Å². The van der Waals surface area contributed by atoms with E-state index in [1.165, 1.54) is 24.7 Å². The average Bonchev–Trinajstić information content (AvgIpc) is 2.59. The Hall–Kier alpha value is -1.90. The molecule has 10 heteroatoms. The Morgan fingerprint density at radius 1 is 1.23 bits per heavy atom. The molecular weight excluding hydrogens is 381 g/mol. The number of piperidine rings is 1. The molecule has 2 aromatic rings. The number of nitrogens with one attached hydrogen (secondary N) is 2. The number of aryl methyl sites for hydroxylation is 1. The minimum Gasteiger partial charge on any atom is -0.348 e. The molecule has 8 nitrogen and oxygen atoms in total. The van der Waals surface area contributed by atoms with Gasteiger partial charge in [0.25, 0.3) is 11.5 Å². The lowest BCUT2D eigenvalue weighted by molar-refractivity contribution is 0.0909. The van der Waals surface area contributed by atoms with Gasteiger partial charge in [-0.05, 0) is 37.6 Å². The van der Waals surface area contributed by atoms with Gasteiger partial charge in [-0.2, -0.15) is 0 Å². The molecular formula is C16H23Cl2N5O3. The van der Waals surface area contributed by atoms with Gasteiger partial charge < -0.3 is 10.6 Å². The fourth-order valence-electron chi connectivity index (χ4n) is 3.05. The molecule has 1 saturated heterocycles. The van der Waals surface area contributed by atoms with Crippen molar-refractivity contribution in [3.05, 3.63) is 38.7 Å². The topological polar surface area (TPSA) is 98.0 Å². The maximum absolute atomic E-state index is 12.5. The third kappa shape index (κ3) is 3.92. The van der Waals surface area contributed by atoms with Crippen LogP contribution in [0.3, 0.4) is 0 Å². The van der Waals surface area contributed by atoms with Gasteiger partial charge in [-0.15, -0.1) is 24.8 Å². The maximum Gasteiger partial charge on any atom is 0.332 e. The maximum atomic E-state index is 12.5. The highest BCUT2D eigenvalue weighted by atomic mass is 35.5. The first-order valence-corrected chi connectivity index (χ1v) is 7.98. The van der Waals surface area contributed by atoms with Crippen molar-refractivity contribution in [2.75, 3.05) is 13.1 Å². The molecule has 0 aromatic carbocycles. The monoisotopic (exact) mass is 403 g/mol. The predicted molar refractivity (Wildman–Crippen MR) is 105 cm³/mol. The van der Waals surface area contributed by atoms with Crippen LogP contribution in [0.15, 0.2) is 21.7 Å². The molecule has 1 aliphatic heterocycles. The number of pyridine rings is 1. The van der Waals surface area contributed by atoms with E-state index >= 15 is 0 Å². The highest BCUT2D eigenvalue weighted by Gasteiger charge is 2.24. The molecule has 26 heavy (non-hydrogen) atoms. The van der Waals surface area contributed by atoms with Crippen LogP contribution in [0.4, 0.5) is 0 Å². The molecule has 3 rings (SSSR count). The number of hydrogen-bond acceptors (Lipinski definition) is 5. The molecule has 2 N–H and O–H groups in total. The predicted octanol–water partition coefficient (Wildman–Crippen LogP) is 0.204. The summed E-state index contributed by atoms with van der Waals surface area (Å²) in [6.45, 7) is 3.81. The largest absolute Gasteiger partial charge is 0.348 e. The lowest BCUT2D eigenvalue weighted by Crippen LogP contribution is -2.48. The van der Waals surface area contributed by atoms with Crippen molar-refractivity contribution >= 4 is 41.8 Å². The van der Waals surface area contributed by atoms with E-state index in [0.717, 1.165) is 24.1 Å². The normalized spacial score (nSPS) is 19.3. The Bertz CT molecular complexity index is 924. The summed E-state index contributed by atoms with van der Waals surface area (Å²) in [5.41, 5.74) is -0.463. The van der Waals surface area contributed by atoms with Crippen molar-refractivity contribution in [3.63, 3.8) is 0 Å². The van der Waals surface area contributed by atoms with Gasteiger partial charge in [-0.1, -0.05) is 6.92 Å². The van der Waals surface area contributed by atoms with Crippen molar-refractivity contribution in [1.29, 1.82) is 0 Å². The zero-order chi connectivity index (χ0) is 17.4. The van der Waals surface area contributed by atoms with Crippen molar-refractivity contribution in [2.24, 2.45) is 20.0 Å². The van der Waals surface area contributed by atoms with Gasteiger partial charge in [0.15, 0.2) is 0 Å². The van der Waals surface area contributed by atoms with Crippen molar-refractivity contribution < 1.29 is 4.79 Å². The van der Waals surface area contributed by atoms with E-state index in [9.17, 15) is 14.4 Å². The molecule has 0 aliphatic carbocycles. The van der Waals surface area contributed by atoms with Gasteiger partial charge in [-0.25, -0.2) is 9.78 Å². The van der Waals surface area contributed by atoms with Crippen molar-refractivity contribution in [2.45, 2.75) is 19.4 Å². The Morgan fingerprint density at radius 3 is 2.58 bits per heavy atom. The summed E-state index contributed by atoms with van der Waals surface area (Å²) in [4.78, 5) is 40.9. The lowest BCUT2D eigenvalue weighted by Gasteiger charge is -2.30. The number of amides is 1. The molecule has 0 bridgehead atoms. The Kier molecular flexibility index (Phi) is 7.37. The molecule has 2 unspecified atom stereocenters. The van der Waals surface area contributed by atoms with E-state index in [1.807, 2.05) is 0 Å². The zero-order valence-corrected chi connectivity index (χ0v) is 16.4. The van der Waals surface area contributed by atoms with Gasteiger partial charge in [0, 0.05) is 20.1 Å². The summed E-state index contributed by atoms with van der Waals surface area (Å²) >= 11 is 0. The third-order valence-electron chi connectivity index (χ3n) is 4.64. The van der Waals surface area contributed by atoms with Crippen LogP contribution in [0, 0.1) is 5.92 Å². The molecule has 0 spiro atoms. The van der Waals surface area contributed by atoms with Crippen LogP contribution in [-0.2, 0) is 14.1 Å². The highest BCUT2D eigenvalue weighted by molar-refractivity contribution is 5.94. The first-order valence-electron chi connectivity index (χ1n) is 7.98. The van der Waals surface area contributed by atoms with Gasteiger partial charge in [-0.3, -0.25) is 18.7 Å². The SMILES string of the molecule is CC1CNCCC1NC(=O)c1ccc2c(=O)n(C)c(=O)n(C)c2n1.Cl.Cl. The number of nitrogens with zero attached hydrogens (tertiary/aromatic N) is 3. The number of hydrogen-bond donors (Lipinski definition) is 2. The minimum atomic E-state index is -0.468. The third-order valence-corrected chi connectivity index (χ3v) is 4.64. The number of halogens is 2. The van der Waals surface area contributed by atoms with E-state index in [2.05, 4.69) is 22.5 Å². The number of carbonyl (C=O) groups excluding carboxylic acids is 1. The molecule has 0 radical (unpaired) electrons. The van der Waals surface area contributed by atoms with Crippen LogP contribution < -0.4 is 21.9 Å². The fraction of sp³-hybridized carbons (Fsp3) is 0.500. The number of fused-ring (bicyclic) bond motifs is 1. The first-order chi connectivity index (χ1) is 11.4. The van der Waals surface area contributed by atoms with Gasteiger partial charge >= 0.3 is 5.69 Å². The van der Waals surface area contributed by atoms with E-state index in [0.29, 0.717) is 11.3 Å². The summed E-state index contributed by atoms with van der Waals surface area (Å²) in [7, 11) is 2.96. The molecule has 144 valence electrons. The van der Waals surface area contributed by atoms with E-state index < -0.39 is 11.2 Å². The van der Waals surface area contributed by atoms with Crippen LogP contribution in [0.5, 0.6) is 0 Å². The fourth-order valence-corrected chi connectivity index (χ4v) is 3.05. The summed E-state index contributed by atoms with van der Waals surface area (Å²) in [6.07, 6.45) is 0.861. The second-order valence-corrected chi connectivity index (χ2v) is 6.32. The summed E-state index contributed by atoms with van der Waals surface area (Å²) < 4.78 is 2.31. The molecule has 3 heterocycles.